The van der Waals surface area contributed by atoms with E-state index in [0.717, 1.165) is 22.6 Å². The summed E-state index contributed by atoms with van der Waals surface area (Å²) in [6.07, 6.45) is 0. The van der Waals surface area contributed by atoms with Gasteiger partial charge in [-0.3, -0.25) is 9.36 Å². The third-order valence-electron chi connectivity index (χ3n) is 4.74. The zero-order valence-electron chi connectivity index (χ0n) is 15.4. The lowest BCUT2D eigenvalue weighted by atomic mass is 10.1. The van der Waals surface area contributed by atoms with E-state index < -0.39 is 0 Å². The van der Waals surface area contributed by atoms with Crippen molar-refractivity contribution in [2.45, 2.75) is 0 Å². The third-order valence-corrected chi connectivity index (χ3v) is 5.42. The summed E-state index contributed by atoms with van der Waals surface area (Å²) in [6.45, 7) is 0. The number of aromatic nitrogens is 2. The Morgan fingerprint density at radius 2 is 1.62 bits per heavy atom. The van der Waals surface area contributed by atoms with Gasteiger partial charge in [-0.1, -0.05) is 36.4 Å². The number of pyridine rings is 2. The highest BCUT2D eigenvalue weighted by Crippen LogP contribution is 2.27. The molecule has 5 heteroatoms. The van der Waals surface area contributed by atoms with Crippen molar-refractivity contribution < 1.29 is 0 Å². The molecular formula is C24H17N3OS. The summed E-state index contributed by atoms with van der Waals surface area (Å²) in [7, 11) is 0. The molecule has 0 aliphatic heterocycles. The van der Waals surface area contributed by atoms with Crippen LogP contribution >= 0.6 is 11.3 Å². The van der Waals surface area contributed by atoms with Crippen molar-refractivity contribution in [3.8, 4) is 16.9 Å². The van der Waals surface area contributed by atoms with Crippen molar-refractivity contribution in [3.63, 3.8) is 0 Å². The molecule has 0 saturated heterocycles. The molecule has 0 fully saturated rings. The quantitative estimate of drug-likeness (QED) is 0.415. The number of nitrogens with one attached hydrogen (secondary N) is 1. The minimum Gasteiger partial charge on any atom is -0.341 e. The summed E-state index contributed by atoms with van der Waals surface area (Å²) < 4.78 is 2.00. The molecule has 0 atom stereocenters. The summed E-state index contributed by atoms with van der Waals surface area (Å²) >= 11 is 1.63. The monoisotopic (exact) mass is 395 g/mol. The molecule has 0 radical (unpaired) electrons. The van der Waals surface area contributed by atoms with E-state index in [1.54, 1.807) is 17.4 Å². The Balaban J connectivity index is 1.80. The van der Waals surface area contributed by atoms with Crippen molar-refractivity contribution in [1.82, 2.24) is 9.55 Å². The summed E-state index contributed by atoms with van der Waals surface area (Å²) in [4.78, 5) is 17.8. The summed E-state index contributed by atoms with van der Waals surface area (Å²) in [6, 6.07) is 27.2. The number of thiophene rings is 1. The van der Waals surface area contributed by atoms with Crippen LogP contribution in [0, 0.1) is 0 Å². The Labute approximate surface area is 171 Å². The highest BCUT2D eigenvalue weighted by atomic mass is 32.1. The van der Waals surface area contributed by atoms with Crippen molar-refractivity contribution in [3.05, 3.63) is 106 Å². The highest BCUT2D eigenvalue weighted by Gasteiger charge is 2.14. The topological polar surface area (TPSA) is 46.9 Å². The van der Waals surface area contributed by atoms with Crippen molar-refractivity contribution >= 4 is 33.9 Å². The van der Waals surface area contributed by atoms with Crippen LogP contribution in [0.1, 0.15) is 0 Å². The van der Waals surface area contributed by atoms with E-state index in [2.05, 4.69) is 10.7 Å². The lowest BCUT2D eigenvalue weighted by Gasteiger charge is -2.18. The van der Waals surface area contributed by atoms with Crippen molar-refractivity contribution in [1.29, 1.82) is 0 Å². The smallest absolute Gasteiger partial charge is 0.193 e. The standard InChI is InChI=1S/C24H17N3OS/c28-22-15-23(25-18-7-3-1-4-8-18)27(19-9-5-2-6-10-19)24-20(22)11-12-21(26-24)17-13-14-29-16-17/h1-16,25H. The lowest BCUT2D eigenvalue weighted by Crippen LogP contribution is -2.13. The van der Waals surface area contributed by atoms with Crippen LogP contribution < -0.4 is 10.7 Å². The van der Waals surface area contributed by atoms with Gasteiger partial charge in [-0.15, -0.1) is 0 Å². The van der Waals surface area contributed by atoms with E-state index in [4.69, 9.17) is 4.98 Å². The lowest BCUT2D eigenvalue weighted by molar-refractivity contribution is 1.07. The number of fused-ring (bicyclic) bond motifs is 1. The molecule has 0 amide bonds. The number of para-hydroxylation sites is 2. The van der Waals surface area contributed by atoms with E-state index >= 15 is 0 Å². The van der Waals surface area contributed by atoms with Gasteiger partial charge in [0.05, 0.1) is 11.1 Å². The fourth-order valence-corrected chi connectivity index (χ4v) is 4.01. The Morgan fingerprint density at radius 3 is 2.34 bits per heavy atom. The summed E-state index contributed by atoms with van der Waals surface area (Å²) in [5, 5.41) is 8.06. The first-order chi connectivity index (χ1) is 14.3. The maximum atomic E-state index is 12.9. The summed E-state index contributed by atoms with van der Waals surface area (Å²) in [5.41, 5.74) is 4.31. The molecule has 140 valence electrons. The van der Waals surface area contributed by atoms with Crippen LogP contribution in [0.25, 0.3) is 28.0 Å². The fraction of sp³-hybridized carbons (Fsp3) is 0. The van der Waals surface area contributed by atoms with E-state index in [0.29, 0.717) is 16.9 Å². The van der Waals surface area contributed by atoms with Crippen LogP contribution in [0.2, 0.25) is 0 Å². The van der Waals surface area contributed by atoms with Crippen LogP contribution in [-0.2, 0) is 0 Å². The molecule has 29 heavy (non-hydrogen) atoms. The van der Waals surface area contributed by atoms with Gasteiger partial charge in [0.2, 0.25) is 0 Å². The summed E-state index contributed by atoms with van der Waals surface area (Å²) in [5.74, 6) is 0.676. The molecule has 0 aliphatic rings. The largest absolute Gasteiger partial charge is 0.341 e. The molecule has 2 aromatic carbocycles. The second-order valence-corrected chi connectivity index (χ2v) is 7.42. The molecule has 0 bridgehead atoms. The molecule has 0 saturated carbocycles. The number of benzene rings is 2. The minimum absolute atomic E-state index is 0.0602. The molecule has 5 aromatic rings. The first kappa shape index (κ1) is 17.4. The molecule has 4 nitrogen and oxygen atoms in total. The van der Waals surface area contributed by atoms with Crippen LogP contribution in [0.15, 0.2) is 100 Å². The van der Waals surface area contributed by atoms with Gasteiger partial charge in [0.15, 0.2) is 11.1 Å². The van der Waals surface area contributed by atoms with E-state index in [1.807, 2.05) is 88.8 Å². The predicted molar refractivity (Wildman–Crippen MR) is 120 cm³/mol. The number of hydrogen-bond donors (Lipinski definition) is 1. The Kier molecular flexibility index (Phi) is 4.42. The fourth-order valence-electron chi connectivity index (χ4n) is 3.36. The number of anilines is 2. The van der Waals surface area contributed by atoms with Crippen LogP contribution in [0.5, 0.6) is 0 Å². The molecule has 0 unspecified atom stereocenters. The van der Waals surface area contributed by atoms with E-state index in [9.17, 15) is 4.79 Å². The van der Waals surface area contributed by atoms with Crippen molar-refractivity contribution in [2.75, 3.05) is 5.32 Å². The second kappa shape index (κ2) is 7.37. The van der Waals surface area contributed by atoms with Crippen LogP contribution in [-0.4, -0.2) is 9.55 Å². The van der Waals surface area contributed by atoms with E-state index in [-0.39, 0.29) is 5.43 Å². The maximum Gasteiger partial charge on any atom is 0.193 e. The Bertz CT molecular complexity index is 1330. The third kappa shape index (κ3) is 3.32. The Morgan fingerprint density at radius 1 is 0.862 bits per heavy atom. The number of hydrogen-bond acceptors (Lipinski definition) is 4. The predicted octanol–water partition coefficient (Wildman–Crippen LogP) is 5.86. The first-order valence-electron chi connectivity index (χ1n) is 9.26. The first-order valence-corrected chi connectivity index (χ1v) is 10.2. The van der Waals surface area contributed by atoms with Gasteiger partial charge in [-0.2, -0.15) is 11.3 Å². The SMILES string of the molecule is O=c1cc(Nc2ccccc2)n(-c2ccccc2)c2nc(-c3ccsc3)ccc12. The van der Waals surface area contributed by atoms with Gasteiger partial charge >= 0.3 is 0 Å². The molecule has 0 aliphatic carbocycles. The molecular weight excluding hydrogens is 378 g/mol. The van der Waals surface area contributed by atoms with Gasteiger partial charge in [0.1, 0.15) is 5.82 Å². The van der Waals surface area contributed by atoms with E-state index in [1.165, 1.54) is 0 Å². The maximum absolute atomic E-state index is 12.9. The van der Waals surface area contributed by atoms with Crippen LogP contribution in [0.4, 0.5) is 11.5 Å². The zero-order chi connectivity index (χ0) is 19.6. The average Bonchev–Trinajstić information content (AvgIpc) is 3.30. The molecule has 3 heterocycles. The minimum atomic E-state index is -0.0602. The number of nitrogens with zero attached hydrogens (tertiary/aromatic N) is 2. The highest BCUT2D eigenvalue weighted by molar-refractivity contribution is 7.08. The Hall–Kier alpha value is -3.70. The van der Waals surface area contributed by atoms with Gasteiger partial charge in [-0.25, -0.2) is 4.98 Å². The number of rotatable bonds is 4. The van der Waals surface area contributed by atoms with Gasteiger partial charge in [-0.05, 0) is 47.8 Å². The second-order valence-electron chi connectivity index (χ2n) is 6.64. The molecule has 0 spiro atoms. The average molecular weight is 395 g/mol. The van der Waals surface area contributed by atoms with Gasteiger partial charge in [0, 0.05) is 28.4 Å². The van der Waals surface area contributed by atoms with Crippen LogP contribution in [0.3, 0.4) is 0 Å². The molecule has 3 aromatic heterocycles. The normalized spacial score (nSPS) is 10.9. The van der Waals surface area contributed by atoms with Crippen molar-refractivity contribution in [2.24, 2.45) is 0 Å². The molecule has 5 rings (SSSR count). The zero-order valence-corrected chi connectivity index (χ0v) is 16.3. The molecule has 1 N–H and O–H groups in total. The van der Waals surface area contributed by atoms with Gasteiger partial charge < -0.3 is 5.32 Å². The van der Waals surface area contributed by atoms with Gasteiger partial charge in [0.25, 0.3) is 0 Å².